The average molecular weight is 371 g/mol. The molecule has 1 aromatic heterocycles. The first kappa shape index (κ1) is 17.6. The molecule has 2 atom stereocenters. The predicted octanol–water partition coefficient (Wildman–Crippen LogP) is 2.20. The fourth-order valence-corrected chi connectivity index (χ4v) is 5.87. The van der Waals surface area contributed by atoms with Crippen LogP contribution in [0.2, 0.25) is 0 Å². The van der Waals surface area contributed by atoms with Gasteiger partial charge in [-0.05, 0) is 43.6 Å². The van der Waals surface area contributed by atoms with Crippen LogP contribution >= 0.6 is 11.3 Å². The number of ketones is 1. The van der Waals surface area contributed by atoms with E-state index in [-0.39, 0.29) is 12.3 Å². The van der Waals surface area contributed by atoms with E-state index in [9.17, 15) is 18.0 Å². The number of Topliss-reactive ketones (excluding diaryl/α,β-unsaturated/α-hetero) is 1. The molecule has 6 nitrogen and oxygen atoms in total. The van der Waals surface area contributed by atoms with Crippen LogP contribution < -0.4 is 0 Å². The van der Waals surface area contributed by atoms with Gasteiger partial charge in [0.1, 0.15) is 4.21 Å². The van der Waals surface area contributed by atoms with Crippen LogP contribution in [0.4, 0.5) is 0 Å². The van der Waals surface area contributed by atoms with Gasteiger partial charge in [0.15, 0.2) is 11.9 Å². The maximum atomic E-state index is 12.6. The Labute approximate surface area is 145 Å². The highest BCUT2D eigenvalue weighted by molar-refractivity contribution is 7.91. The fourth-order valence-electron chi connectivity index (χ4n) is 3.20. The standard InChI is InChI=1S/C16H21NO5S2/c18-13-6-1-2-7-14(13)22-16(19)12-5-3-9-17(11-12)24(20,21)15-8-4-10-23-15/h4,8,10,12,14H,1-3,5-7,9,11H2/t12-,14+/m0/s1. The SMILES string of the molecule is O=C(O[C@@H]1CCCCC1=O)[C@H]1CCCN(S(=O)(=O)c2cccs2)C1. The molecule has 2 aliphatic rings. The summed E-state index contributed by atoms with van der Waals surface area (Å²) < 4.78 is 32.2. The van der Waals surface area contributed by atoms with Crippen molar-refractivity contribution in [2.75, 3.05) is 13.1 Å². The summed E-state index contributed by atoms with van der Waals surface area (Å²) in [6, 6.07) is 3.27. The van der Waals surface area contributed by atoms with Crippen molar-refractivity contribution in [2.45, 2.75) is 48.8 Å². The summed E-state index contributed by atoms with van der Waals surface area (Å²) in [5.74, 6) is -0.960. The van der Waals surface area contributed by atoms with E-state index >= 15 is 0 Å². The van der Waals surface area contributed by atoms with Crippen LogP contribution in [0, 0.1) is 5.92 Å². The molecular formula is C16H21NO5S2. The Balaban J connectivity index is 1.65. The summed E-state index contributed by atoms with van der Waals surface area (Å²) in [7, 11) is -3.55. The molecule has 1 saturated carbocycles. The fraction of sp³-hybridized carbons (Fsp3) is 0.625. The molecule has 2 heterocycles. The molecule has 0 radical (unpaired) electrons. The zero-order chi connectivity index (χ0) is 17.2. The van der Waals surface area contributed by atoms with E-state index in [0.29, 0.717) is 36.4 Å². The first-order valence-corrected chi connectivity index (χ1v) is 10.6. The molecule has 2 fully saturated rings. The molecule has 0 amide bonds. The lowest BCUT2D eigenvalue weighted by atomic mass is 9.95. The van der Waals surface area contributed by atoms with Crippen LogP contribution in [-0.4, -0.2) is 43.7 Å². The molecule has 0 aromatic carbocycles. The summed E-state index contributed by atoms with van der Waals surface area (Å²) in [6.45, 7) is 0.534. The molecule has 3 rings (SSSR count). The van der Waals surface area contributed by atoms with Gasteiger partial charge in [-0.1, -0.05) is 6.07 Å². The number of piperidine rings is 1. The number of esters is 1. The van der Waals surface area contributed by atoms with Crippen molar-refractivity contribution < 1.29 is 22.7 Å². The van der Waals surface area contributed by atoms with Crippen molar-refractivity contribution in [1.82, 2.24) is 4.31 Å². The second-order valence-electron chi connectivity index (χ2n) is 6.27. The Kier molecular flexibility index (Phi) is 5.36. The van der Waals surface area contributed by atoms with E-state index < -0.39 is 28.0 Å². The number of thiophene rings is 1. The number of carbonyl (C=O) groups excluding carboxylic acids is 2. The summed E-state index contributed by atoms with van der Waals surface area (Å²) in [5.41, 5.74) is 0. The quantitative estimate of drug-likeness (QED) is 0.758. The molecule has 1 saturated heterocycles. The van der Waals surface area contributed by atoms with Crippen LogP contribution in [0.15, 0.2) is 21.7 Å². The largest absolute Gasteiger partial charge is 0.454 e. The smallest absolute Gasteiger partial charge is 0.310 e. The molecule has 1 aliphatic carbocycles. The first-order valence-electron chi connectivity index (χ1n) is 8.25. The minimum atomic E-state index is -3.55. The molecule has 24 heavy (non-hydrogen) atoms. The van der Waals surface area contributed by atoms with Crippen molar-refractivity contribution in [2.24, 2.45) is 5.92 Å². The van der Waals surface area contributed by atoms with Crippen molar-refractivity contribution >= 4 is 33.1 Å². The summed E-state index contributed by atoms with van der Waals surface area (Å²) in [5, 5.41) is 1.72. The van der Waals surface area contributed by atoms with Gasteiger partial charge in [-0.3, -0.25) is 9.59 Å². The molecule has 0 bridgehead atoms. The van der Waals surface area contributed by atoms with Crippen LogP contribution in [-0.2, 0) is 24.3 Å². The zero-order valence-corrected chi connectivity index (χ0v) is 15.0. The average Bonchev–Trinajstić information content (AvgIpc) is 3.12. The van der Waals surface area contributed by atoms with E-state index in [0.717, 1.165) is 12.8 Å². The Morgan fingerprint density at radius 3 is 2.79 bits per heavy atom. The van der Waals surface area contributed by atoms with Gasteiger partial charge in [0.25, 0.3) is 10.0 Å². The van der Waals surface area contributed by atoms with Crippen molar-refractivity contribution in [3.8, 4) is 0 Å². The monoisotopic (exact) mass is 371 g/mol. The normalized spacial score (nSPS) is 26.2. The number of nitrogens with zero attached hydrogens (tertiary/aromatic N) is 1. The second kappa shape index (κ2) is 7.33. The highest BCUT2D eigenvalue weighted by Crippen LogP contribution is 2.28. The Morgan fingerprint density at radius 1 is 1.25 bits per heavy atom. The summed E-state index contributed by atoms with van der Waals surface area (Å²) in [4.78, 5) is 24.2. The number of rotatable bonds is 4. The van der Waals surface area contributed by atoms with Gasteiger partial charge >= 0.3 is 5.97 Å². The molecule has 132 valence electrons. The van der Waals surface area contributed by atoms with Crippen LogP contribution in [0.1, 0.15) is 38.5 Å². The number of ether oxygens (including phenoxy) is 1. The van der Waals surface area contributed by atoms with Gasteiger partial charge in [-0.25, -0.2) is 8.42 Å². The van der Waals surface area contributed by atoms with Gasteiger partial charge in [-0.15, -0.1) is 11.3 Å². The van der Waals surface area contributed by atoms with Crippen molar-refractivity contribution in [1.29, 1.82) is 0 Å². The second-order valence-corrected chi connectivity index (χ2v) is 9.38. The lowest BCUT2D eigenvalue weighted by molar-refractivity contribution is -0.161. The number of hydrogen-bond acceptors (Lipinski definition) is 6. The number of sulfonamides is 1. The maximum Gasteiger partial charge on any atom is 0.310 e. The molecule has 8 heteroatoms. The van der Waals surface area contributed by atoms with E-state index in [1.807, 2.05) is 0 Å². The van der Waals surface area contributed by atoms with E-state index in [1.54, 1.807) is 17.5 Å². The summed E-state index contributed by atoms with van der Waals surface area (Å²) >= 11 is 1.17. The lowest BCUT2D eigenvalue weighted by Crippen LogP contribution is -2.43. The first-order chi connectivity index (χ1) is 11.5. The van der Waals surface area contributed by atoms with Gasteiger partial charge < -0.3 is 4.74 Å². The minimum absolute atomic E-state index is 0.0199. The van der Waals surface area contributed by atoms with Gasteiger partial charge in [-0.2, -0.15) is 4.31 Å². The van der Waals surface area contributed by atoms with Crippen LogP contribution in [0.5, 0.6) is 0 Å². The molecule has 0 unspecified atom stereocenters. The summed E-state index contributed by atoms with van der Waals surface area (Å²) in [6.07, 6.45) is 3.33. The van der Waals surface area contributed by atoms with Crippen LogP contribution in [0.3, 0.4) is 0 Å². The third kappa shape index (κ3) is 3.70. The third-order valence-corrected chi connectivity index (χ3v) is 7.80. The van der Waals surface area contributed by atoms with E-state index in [4.69, 9.17) is 4.74 Å². The highest BCUT2D eigenvalue weighted by atomic mass is 32.2. The van der Waals surface area contributed by atoms with Gasteiger partial charge in [0.2, 0.25) is 0 Å². The number of carbonyl (C=O) groups is 2. The Morgan fingerprint density at radius 2 is 2.08 bits per heavy atom. The van der Waals surface area contributed by atoms with E-state index in [2.05, 4.69) is 0 Å². The lowest BCUT2D eigenvalue weighted by Gasteiger charge is -2.31. The Bertz CT molecular complexity index is 698. The third-order valence-electron chi connectivity index (χ3n) is 4.56. The van der Waals surface area contributed by atoms with E-state index in [1.165, 1.54) is 15.6 Å². The zero-order valence-electron chi connectivity index (χ0n) is 13.3. The molecule has 0 spiro atoms. The highest BCUT2D eigenvalue weighted by Gasteiger charge is 2.36. The van der Waals surface area contributed by atoms with Gasteiger partial charge in [0, 0.05) is 19.5 Å². The molecular weight excluding hydrogens is 350 g/mol. The molecule has 0 N–H and O–H groups in total. The predicted molar refractivity (Wildman–Crippen MR) is 89.2 cm³/mol. The number of hydrogen-bond donors (Lipinski definition) is 0. The van der Waals surface area contributed by atoms with Crippen LogP contribution in [0.25, 0.3) is 0 Å². The van der Waals surface area contributed by atoms with Gasteiger partial charge in [0.05, 0.1) is 5.92 Å². The van der Waals surface area contributed by atoms with Crippen molar-refractivity contribution in [3.05, 3.63) is 17.5 Å². The molecule has 1 aliphatic heterocycles. The Hall–Kier alpha value is -1.25. The minimum Gasteiger partial charge on any atom is -0.454 e. The maximum absolute atomic E-state index is 12.6. The molecule has 1 aromatic rings. The van der Waals surface area contributed by atoms with Crippen molar-refractivity contribution in [3.63, 3.8) is 0 Å². The topological polar surface area (TPSA) is 80.8 Å².